The van der Waals surface area contributed by atoms with Crippen LogP contribution in [0.25, 0.3) is 11.0 Å². The quantitative estimate of drug-likeness (QED) is 0.558. The Morgan fingerprint density at radius 1 is 1.30 bits per heavy atom. The normalized spacial score (nSPS) is 11.8. The third-order valence-electron chi connectivity index (χ3n) is 3.43. The number of aliphatic imine (C=N–C) groups is 1. The Kier molecular flexibility index (Phi) is 4.92. The average Bonchev–Trinajstić information content (AvgIpc) is 3.16. The first kappa shape index (κ1) is 15.6. The summed E-state index contributed by atoms with van der Waals surface area (Å²) in [4.78, 5) is 9.83. The van der Waals surface area contributed by atoms with Gasteiger partial charge in [-0.05, 0) is 19.1 Å². The van der Waals surface area contributed by atoms with Gasteiger partial charge in [0.25, 0.3) is 0 Å². The predicted octanol–water partition coefficient (Wildman–Crippen LogP) is 3.11. The van der Waals surface area contributed by atoms with Gasteiger partial charge < -0.3 is 15.1 Å². The van der Waals surface area contributed by atoms with Gasteiger partial charge >= 0.3 is 0 Å². The number of hydrogen-bond donors (Lipinski definition) is 2. The van der Waals surface area contributed by atoms with Crippen LogP contribution in [-0.4, -0.2) is 24.5 Å². The van der Waals surface area contributed by atoms with Crippen molar-refractivity contribution in [2.24, 2.45) is 4.99 Å². The van der Waals surface area contributed by atoms with Crippen molar-refractivity contribution in [1.82, 2.24) is 15.6 Å². The lowest BCUT2D eigenvalue weighted by molar-refractivity contribution is 0.538. The summed E-state index contributed by atoms with van der Waals surface area (Å²) in [6.07, 6.45) is 2.80. The summed E-state index contributed by atoms with van der Waals surface area (Å²) in [5, 5.41) is 8.82. The van der Waals surface area contributed by atoms with Crippen LogP contribution in [0.15, 0.2) is 45.9 Å². The zero-order valence-corrected chi connectivity index (χ0v) is 14.1. The molecule has 0 fully saturated rings. The van der Waals surface area contributed by atoms with Crippen LogP contribution >= 0.6 is 11.3 Å². The van der Waals surface area contributed by atoms with Crippen molar-refractivity contribution < 1.29 is 4.42 Å². The fourth-order valence-electron chi connectivity index (χ4n) is 2.32. The van der Waals surface area contributed by atoms with Crippen molar-refractivity contribution in [2.45, 2.75) is 19.9 Å². The molecule has 0 radical (unpaired) electrons. The van der Waals surface area contributed by atoms with Crippen molar-refractivity contribution in [3.05, 3.63) is 52.2 Å². The second-order valence-electron chi connectivity index (χ2n) is 5.22. The Morgan fingerprint density at radius 3 is 2.91 bits per heavy atom. The molecule has 0 bridgehead atoms. The molecule has 120 valence electrons. The molecule has 2 heterocycles. The number of hydrogen-bond acceptors (Lipinski definition) is 4. The molecule has 2 N–H and O–H groups in total. The van der Waals surface area contributed by atoms with Crippen LogP contribution < -0.4 is 10.6 Å². The third-order valence-corrected chi connectivity index (χ3v) is 4.40. The molecule has 23 heavy (non-hydrogen) atoms. The zero-order chi connectivity index (χ0) is 16.1. The minimum Gasteiger partial charge on any atom is -0.459 e. The number of aromatic nitrogens is 1. The van der Waals surface area contributed by atoms with Crippen LogP contribution in [0.3, 0.4) is 0 Å². The molecule has 5 nitrogen and oxygen atoms in total. The van der Waals surface area contributed by atoms with Crippen LogP contribution in [0, 0.1) is 6.92 Å². The van der Waals surface area contributed by atoms with Crippen LogP contribution in [0.4, 0.5) is 0 Å². The van der Waals surface area contributed by atoms with Crippen molar-refractivity contribution in [3.8, 4) is 0 Å². The molecular formula is C17H20N4OS. The summed E-state index contributed by atoms with van der Waals surface area (Å²) in [5.74, 6) is 1.66. The number of fused-ring (bicyclic) bond motifs is 1. The second-order valence-corrected chi connectivity index (χ2v) is 6.54. The Balaban J connectivity index is 1.49. The van der Waals surface area contributed by atoms with Crippen LogP contribution in [-0.2, 0) is 13.0 Å². The largest absolute Gasteiger partial charge is 0.459 e. The number of guanidine groups is 1. The number of aryl methyl sites for hydroxylation is 1. The highest BCUT2D eigenvalue weighted by molar-refractivity contribution is 7.11. The zero-order valence-electron chi connectivity index (χ0n) is 13.3. The molecule has 0 aliphatic heterocycles. The molecule has 2 aromatic heterocycles. The van der Waals surface area contributed by atoms with E-state index < -0.39 is 0 Å². The van der Waals surface area contributed by atoms with E-state index in [0.717, 1.165) is 40.7 Å². The maximum Gasteiger partial charge on any atom is 0.191 e. The molecule has 0 aliphatic carbocycles. The third kappa shape index (κ3) is 4.10. The van der Waals surface area contributed by atoms with Gasteiger partial charge in [0.2, 0.25) is 0 Å². The number of nitrogens with one attached hydrogen (secondary N) is 2. The van der Waals surface area contributed by atoms with Crippen LogP contribution in [0.2, 0.25) is 0 Å². The molecule has 0 saturated heterocycles. The van der Waals surface area contributed by atoms with Crippen LogP contribution in [0.5, 0.6) is 0 Å². The molecule has 6 heteroatoms. The van der Waals surface area contributed by atoms with E-state index in [0.29, 0.717) is 6.54 Å². The molecule has 0 amide bonds. The van der Waals surface area contributed by atoms with Crippen molar-refractivity contribution >= 4 is 28.3 Å². The Morgan fingerprint density at radius 2 is 2.17 bits per heavy atom. The summed E-state index contributed by atoms with van der Waals surface area (Å²) in [7, 11) is 1.77. The van der Waals surface area contributed by atoms with Gasteiger partial charge in [-0.1, -0.05) is 18.2 Å². The first-order valence-corrected chi connectivity index (χ1v) is 8.39. The highest BCUT2D eigenvalue weighted by Gasteiger charge is 2.05. The Bertz CT molecular complexity index is 773. The molecule has 3 aromatic rings. The van der Waals surface area contributed by atoms with E-state index in [1.54, 1.807) is 18.4 Å². The summed E-state index contributed by atoms with van der Waals surface area (Å²) in [6, 6.07) is 10.1. The second kappa shape index (κ2) is 7.28. The van der Waals surface area contributed by atoms with Crippen molar-refractivity contribution in [3.63, 3.8) is 0 Å². The monoisotopic (exact) mass is 328 g/mol. The standard InChI is InChI=1S/C17H20N4OS/c1-12-10-20-16(23-12)7-8-19-17(18-2)21-11-14-9-13-5-3-4-6-15(13)22-14/h3-6,9-10H,7-8,11H2,1-2H3,(H2,18,19,21). The highest BCUT2D eigenvalue weighted by atomic mass is 32.1. The van der Waals surface area contributed by atoms with E-state index in [9.17, 15) is 0 Å². The van der Waals surface area contributed by atoms with E-state index in [4.69, 9.17) is 4.42 Å². The molecule has 3 rings (SSSR count). The van der Waals surface area contributed by atoms with Gasteiger partial charge in [-0.25, -0.2) is 4.98 Å². The molecule has 0 saturated carbocycles. The lowest BCUT2D eigenvalue weighted by atomic mass is 10.2. The minimum absolute atomic E-state index is 0.602. The lowest BCUT2D eigenvalue weighted by Gasteiger charge is -2.10. The molecule has 0 unspecified atom stereocenters. The fraction of sp³-hybridized carbons (Fsp3) is 0.294. The van der Waals surface area contributed by atoms with Gasteiger partial charge in [-0.3, -0.25) is 4.99 Å². The number of rotatable bonds is 5. The fourth-order valence-corrected chi connectivity index (χ4v) is 3.11. The minimum atomic E-state index is 0.602. The molecule has 0 aliphatic rings. The molecule has 0 atom stereocenters. The lowest BCUT2D eigenvalue weighted by Crippen LogP contribution is -2.37. The first-order valence-electron chi connectivity index (χ1n) is 7.58. The van der Waals surface area contributed by atoms with Gasteiger partial charge in [-0.15, -0.1) is 11.3 Å². The van der Waals surface area contributed by atoms with Crippen molar-refractivity contribution in [2.75, 3.05) is 13.6 Å². The number of benzene rings is 1. The van der Waals surface area contributed by atoms with E-state index in [2.05, 4.69) is 27.5 Å². The van der Waals surface area contributed by atoms with E-state index in [1.807, 2.05) is 36.5 Å². The van der Waals surface area contributed by atoms with E-state index >= 15 is 0 Å². The molecular weight excluding hydrogens is 308 g/mol. The van der Waals surface area contributed by atoms with Crippen LogP contribution in [0.1, 0.15) is 15.6 Å². The van der Waals surface area contributed by atoms with E-state index in [-0.39, 0.29) is 0 Å². The molecule has 1 aromatic carbocycles. The van der Waals surface area contributed by atoms with Gasteiger partial charge in [0.15, 0.2) is 5.96 Å². The SMILES string of the molecule is CN=C(NCCc1ncc(C)s1)NCc1cc2ccccc2o1. The Labute approximate surface area is 139 Å². The molecule has 0 spiro atoms. The van der Waals surface area contributed by atoms with Gasteiger partial charge in [0, 0.05) is 36.5 Å². The maximum atomic E-state index is 5.79. The average molecular weight is 328 g/mol. The first-order chi connectivity index (χ1) is 11.2. The smallest absolute Gasteiger partial charge is 0.191 e. The van der Waals surface area contributed by atoms with Gasteiger partial charge in [0.1, 0.15) is 11.3 Å². The van der Waals surface area contributed by atoms with E-state index in [1.165, 1.54) is 4.88 Å². The summed E-state index contributed by atoms with van der Waals surface area (Å²) >= 11 is 1.73. The number of para-hydroxylation sites is 1. The highest BCUT2D eigenvalue weighted by Crippen LogP contribution is 2.18. The predicted molar refractivity (Wildman–Crippen MR) is 95.0 cm³/mol. The van der Waals surface area contributed by atoms with Crippen molar-refractivity contribution in [1.29, 1.82) is 0 Å². The maximum absolute atomic E-state index is 5.79. The number of thiazole rings is 1. The summed E-state index contributed by atoms with van der Waals surface area (Å²) in [5.41, 5.74) is 0.909. The Hall–Kier alpha value is -2.34. The summed E-state index contributed by atoms with van der Waals surface area (Å²) in [6.45, 7) is 3.47. The summed E-state index contributed by atoms with van der Waals surface area (Å²) < 4.78 is 5.79. The number of nitrogens with zero attached hydrogens (tertiary/aromatic N) is 2. The van der Waals surface area contributed by atoms with Gasteiger partial charge in [-0.2, -0.15) is 0 Å². The topological polar surface area (TPSA) is 62.5 Å². The van der Waals surface area contributed by atoms with Gasteiger partial charge in [0.05, 0.1) is 11.6 Å². The number of furan rings is 1.